The Balaban J connectivity index is 0.00000306. The summed E-state index contributed by atoms with van der Waals surface area (Å²) in [6.07, 6.45) is 7.30. The molecule has 0 amide bonds. The number of ether oxygens (including phenoxy) is 2. The molecule has 0 radical (unpaired) electrons. The van der Waals surface area contributed by atoms with Crippen LogP contribution in [0.5, 0.6) is 0 Å². The van der Waals surface area contributed by atoms with Crippen LogP contribution >= 0.6 is 24.0 Å². The van der Waals surface area contributed by atoms with E-state index in [9.17, 15) is 0 Å². The summed E-state index contributed by atoms with van der Waals surface area (Å²) in [6.45, 7) is 10.9. The van der Waals surface area contributed by atoms with Gasteiger partial charge in [0.05, 0.1) is 6.10 Å². The molecule has 6 nitrogen and oxygen atoms in total. The smallest absolute Gasteiger partial charge is 0.193 e. The molecular weight excluding hydrogens is 527 g/mol. The van der Waals surface area contributed by atoms with Crippen molar-refractivity contribution in [2.75, 3.05) is 52.5 Å². The molecule has 0 spiro atoms. The molecule has 0 bridgehead atoms. The van der Waals surface area contributed by atoms with Gasteiger partial charge in [-0.05, 0) is 63.5 Å². The number of guanidine groups is 1. The van der Waals surface area contributed by atoms with E-state index in [4.69, 9.17) is 14.5 Å². The SMILES string of the molecule is CCNC(=NCCCOC1CCOCC1)N1CCC2C(CCCN2Cc2ccccc2)C1.I. The van der Waals surface area contributed by atoms with Crippen molar-refractivity contribution in [3.63, 3.8) is 0 Å². The number of fused-ring (bicyclic) bond motifs is 1. The van der Waals surface area contributed by atoms with Gasteiger partial charge in [-0.3, -0.25) is 9.89 Å². The van der Waals surface area contributed by atoms with Gasteiger partial charge in [0, 0.05) is 58.6 Å². The number of likely N-dealkylation sites (tertiary alicyclic amines) is 2. The lowest BCUT2D eigenvalue weighted by atomic mass is 9.83. The fourth-order valence-electron chi connectivity index (χ4n) is 5.48. The summed E-state index contributed by atoms with van der Waals surface area (Å²) in [5.74, 6) is 1.83. The van der Waals surface area contributed by atoms with E-state index in [1.54, 1.807) is 0 Å². The molecule has 2 atom stereocenters. The number of nitrogens with one attached hydrogen (secondary N) is 1. The minimum atomic E-state index is 0. The van der Waals surface area contributed by atoms with E-state index >= 15 is 0 Å². The van der Waals surface area contributed by atoms with Gasteiger partial charge in [-0.1, -0.05) is 30.3 Å². The highest BCUT2D eigenvalue weighted by molar-refractivity contribution is 14.0. The lowest BCUT2D eigenvalue weighted by Gasteiger charge is -2.48. The second-order valence-electron chi connectivity index (χ2n) is 9.43. The minimum absolute atomic E-state index is 0. The van der Waals surface area contributed by atoms with Gasteiger partial charge in [0.1, 0.15) is 0 Å². The molecule has 1 aromatic carbocycles. The van der Waals surface area contributed by atoms with Crippen LogP contribution in [0.1, 0.15) is 51.0 Å². The van der Waals surface area contributed by atoms with Crippen LogP contribution in [0, 0.1) is 5.92 Å². The second-order valence-corrected chi connectivity index (χ2v) is 9.43. The maximum atomic E-state index is 6.01. The van der Waals surface area contributed by atoms with Crippen LogP contribution in [-0.4, -0.2) is 80.4 Å². The van der Waals surface area contributed by atoms with Gasteiger partial charge in [-0.25, -0.2) is 0 Å². The van der Waals surface area contributed by atoms with Crippen LogP contribution < -0.4 is 5.32 Å². The molecule has 2 unspecified atom stereocenters. The molecule has 4 rings (SSSR count). The first-order chi connectivity index (χ1) is 15.8. The van der Waals surface area contributed by atoms with Gasteiger partial charge in [0.25, 0.3) is 0 Å². The first kappa shape index (κ1) is 26.7. The van der Waals surface area contributed by atoms with Crippen molar-refractivity contribution < 1.29 is 9.47 Å². The van der Waals surface area contributed by atoms with Gasteiger partial charge >= 0.3 is 0 Å². The number of hydrogen-bond acceptors (Lipinski definition) is 4. The van der Waals surface area contributed by atoms with E-state index in [1.807, 2.05) is 0 Å². The number of hydrogen-bond donors (Lipinski definition) is 1. The third-order valence-electron chi connectivity index (χ3n) is 7.13. The predicted molar refractivity (Wildman–Crippen MR) is 145 cm³/mol. The van der Waals surface area contributed by atoms with Crippen molar-refractivity contribution >= 4 is 29.9 Å². The average Bonchev–Trinajstić information content (AvgIpc) is 2.84. The molecular formula is C26H43IN4O2. The van der Waals surface area contributed by atoms with Crippen LogP contribution in [0.4, 0.5) is 0 Å². The van der Waals surface area contributed by atoms with Crippen molar-refractivity contribution in [1.29, 1.82) is 0 Å². The van der Waals surface area contributed by atoms with Crippen LogP contribution in [0.3, 0.4) is 0 Å². The molecule has 0 aromatic heterocycles. The summed E-state index contributed by atoms with van der Waals surface area (Å²) < 4.78 is 11.4. The van der Waals surface area contributed by atoms with Crippen LogP contribution in [0.15, 0.2) is 35.3 Å². The van der Waals surface area contributed by atoms with Crippen LogP contribution in [0.2, 0.25) is 0 Å². The van der Waals surface area contributed by atoms with E-state index in [0.29, 0.717) is 12.1 Å². The molecule has 0 aliphatic carbocycles. The fraction of sp³-hybridized carbons (Fsp3) is 0.731. The molecule has 3 saturated heterocycles. The van der Waals surface area contributed by atoms with Gasteiger partial charge in [0.2, 0.25) is 0 Å². The number of piperidine rings is 2. The number of aliphatic imine (C=N–C) groups is 1. The van der Waals surface area contributed by atoms with Crippen molar-refractivity contribution in [3.8, 4) is 0 Å². The molecule has 3 heterocycles. The Hall–Kier alpha value is -0.900. The highest BCUT2D eigenvalue weighted by atomic mass is 127. The average molecular weight is 571 g/mol. The molecule has 33 heavy (non-hydrogen) atoms. The van der Waals surface area contributed by atoms with Gasteiger partial charge in [-0.2, -0.15) is 0 Å². The molecule has 3 aliphatic heterocycles. The van der Waals surface area contributed by atoms with E-state index in [-0.39, 0.29) is 24.0 Å². The summed E-state index contributed by atoms with van der Waals surface area (Å²) in [7, 11) is 0. The molecule has 0 saturated carbocycles. The topological polar surface area (TPSA) is 49.3 Å². The van der Waals surface area contributed by atoms with E-state index in [2.05, 4.69) is 52.4 Å². The monoisotopic (exact) mass is 570 g/mol. The maximum absolute atomic E-state index is 6.01. The van der Waals surface area contributed by atoms with Gasteiger partial charge in [0.15, 0.2) is 5.96 Å². The maximum Gasteiger partial charge on any atom is 0.193 e. The van der Waals surface area contributed by atoms with Crippen molar-refractivity contribution in [1.82, 2.24) is 15.1 Å². The highest BCUT2D eigenvalue weighted by Gasteiger charge is 2.36. The van der Waals surface area contributed by atoms with Gasteiger partial charge < -0.3 is 19.7 Å². The third-order valence-corrected chi connectivity index (χ3v) is 7.13. The Kier molecular flexibility index (Phi) is 11.7. The minimum Gasteiger partial charge on any atom is -0.381 e. The Morgan fingerprint density at radius 2 is 1.94 bits per heavy atom. The zero-order valence-electron chi connectivity index (χ0n) is 20.3. The van der Waals surface area contributed by atoms with Crippen LogP contribution in [-0.2, 0) is 16.0 Å². The number of nitrogens with zero attached hydrogens (tertiary/aromatic N) is 3. The summed E-state index contributed by atoms with van der Waals surface area (Å²) >= 11 is 0. The lowest BCUT2D eigenvalue weighted by molar-refractivity contribution is -0.0318. The van der Waals surface area contributed by atoms with E-state index in [0.717, 1.165) is 83.7 Å². The lowest BCUT2D eigenvalue weighted by Crippen LogP contribution is -2.56. The Labute approximate surface area is 217 Å². The van der Waals surface area contributed by atoms with E-state index < -0.39 is 0 Å². The zero-order chi connectivity index (χ0) is 22.0. The molecule has 3 fully saturated rings. The van der Waals surface area contributed by atoms with E-state index in [1.165, 1.54) is 31.4 Å². The number of rotatable bonds is 8. The van der Waals surface area contributed by atoms with Crippen molar-refractivity contribution in [2.45, 2.75) is 64.1 Å². The quantitative estimate of drug-likeness (QED) is 0.221. The molecule has 3 aliphatic rings. The van der Waals surface area contributed by atoms with Crippen LogP contribution in [0.25, 0.3) is 0 Å². The summed E-state index contributed by atoms with van der Waals surface area (Å²) in [4.78, 5) is 10.2. The molecule has 1 aromatic rings. The summed E-state index contributed by atoms with van der Waals surface area (Å²) in [5, 5.41) is 3.54. The Morgan fingerprint density at radius 1 is 1.12 bits per heavy atom. The summed E-state index contributed by atoms with van der Waals surface area (Å²) in [5.41, 5.74) is 1.44. The molecule has 186 valence electrons. The molecule has 1 N–H and O–H groups in total. The summed E-state index contributed by atoms with van der Waals surface area (Å²) in [6, 6.07) is 11.7. The zero-order valence-corrected chi connectivity index (χ0v) is 22.6. The standard InChI is InChI=1S/C26H42N4O2.HI/c1-2-27-26(28-14-7-17-32-24-12-18-31-19-13-24)30-16-11-25-23(21-30)10-6-15-29(25)20-22-8-4-3-5-9-22;/h3-5,8-9,23-25H,2,6-7,10-21H2,1H3,(H,27,28);1H. The normalized spacial score (nSPS) is 24.8. The molecule has 7 heteroatoms. The number of benzene rings is 1. The van der Waals surface area contributed by atoms with Crippen molar-refractivity contribution in [3.05, 3.63) is 35.9 Å². The highest BCUT2D eigenvalue weighted by Crippen LogP contribution is 2.31. The predicted octanol–water partition coefficient (Wildman–Crippen LogP) is 4.14. The van der Waals surface area contributed by atoms with Crippen molar-refractivity contribution in [2.24, 2.45) is 10.9 Å². The Bertz CT molecular complexity index is 699. The third kappa shape index (κ3) is 8.08. The fourth-order valence-corrected chi connectivity index (χ4v) is 5.48. The number of halogens is 1. The van der Waals surface area contributed by atoms with Gasteiger partial charge in [-0.15, -0.1) is 24.0 Å². The second kappa shape index (κ2) is 14.5. The Morgan fingerprint density at radius 3 is 2.73 bits per heavy atom. The largest absolute Gasteiger partial charge is 0.381 e. The first-order valence-electron chi connectivity index (χ1n) is 12.8. The first-order valence-corrected chi connectivity index (χ1v) is 12.8.